The molecule has 2 aromatic carbocycles. The number of alkyl halides is 3. The van der Waals surface area contributed by atoms with Gasteiger partial charge in [0.05, 0.1) is 18.6 Å². The third-order valence-electron chi connectivity index (χ3n) is 3.88. The number of halogens is 3. The minimum Gasteiger partial charge on any atom is -0.466 e. The van der Waals surface area contributed by atoms with Crippen molar-refractivity contribution in [3.63, 3.8) is 0 Å². The third-order valence-corrected chi connectivity index (χ3v) is 3.88. The zero-order chi connectivity index (χ0) is 19.9. The van der Waals surface area contributed by atoms with Gasteiger partial charge in [0.1, 0.15) is 0 Å². The van der Waals surface area contributed by atoms with Crippen molar-refractivity contribution in [1.82, 2.24) is 4.90 Å². The van der Waals surface area contributed by atoms with E-state index in [9.17, 15) is 22.8 Å². The van der Waals surface area contributed by atoms with Gasteiger partial charge < -0.3 is 9.64 Å². The van der Waals surface area contributed by atoms with E-state index in [1.54, 1.807) is 37.3 Å². The third kappa shape index (κ3) is 5.84. The molecule has 0 atom stereocenters. The van der Waals surface area contributed by atoms with Crippen LogP contribution in [-0.4, -0.2) is 29.9 Å². The molecule has 0 fully saturated rings. The lowest BCUT2D eigenvalue weighted by Gasteiger charge is -2.24. The van der Waals surface area contributed by atoms with Crippen LogP contribution < -0.4 is 0 Å². The molecule has 2 rings (SSSR count). The molecule has 0 radical (unpaired) electrons. The number of rotatable bonds is 7. The molecule has 7 heteroatoms. The van der Waals surface area contributed by atoms with Gasteiger partial charge in [0.15, 0.2) is 0 Å². The largest absolute Gasteiger partial charge is 0.466 e. The first-order valence-corrected chi connectivity index (χ1v) is 8.48. The fourth-order valence-corrected chi connectivity index (χ4v) is 2.62. The van der Waals surface area contributed by atoms with Gasteiger partial charge in [0.2, 0.25) is 0 Å². The molecule has 0 saturated carbocycles. The van der Waals surface area contributed by atoms with Crippen molar-refractivity contribution in [1.29, 1.82) is 0 Å². The Labute approximate surface area is 155 Å². The van der Waals surface area contributed by atoms with Gasteiger partial charge in [-0.2, -0.15) is 13.2 Å². The summed E-state index contributed by atoms with van der Waals surface area (Å²) in [6, 6.07) is 13.3. The van der Waals surface area contributed by atoms with E-state index in [-0.39, 0.29) is 31.7 Å². The van der Waals surface area contributed by atoms with E-state index < -0.39 is 23.6 Å². The van der Waals surface area contributed by atoms with Gasteiger partial charge in [-0.25, -0.2) is 0 Å². The summed E-state index contributed by atoms with van der Waals surface area (Å²) in [5, 5.41) is 0. The summed E-state index contributed by atoms with van der Waals surface area (Å²) in [5.41, 5.74) is -0.490. The van der Waals surface area contributed by atoms with E-state index in [0.717, 1.165) is 6.07 Å². The first-order valence-electron chi connectivity index (χ1n) is 8.48. The standard InChI is InChI=1S/C20H20F3NO3/c1-2-27-18(25)12-13-24(19(26)15-8-4-3-5-9-15)14-16-10-6-7-11-17(16)20(21,22)23/h3-11H,2,12-14H2,1H3. The fourth-order valence-electron chi connectivity index (χ4n) is 2.62. The van der Waals surface area contributed by atoms with E-state index >= 15 is 0 Å². The zero-order valence-electron chi connectivity index (χ0n) is 14.8. The van der Waals surface area contributed by atoms with Gasteiger partial charge >= 0.3 is 12.1 Å². The predicted molar refractivity (Wildman–Crippen MR) is 93.9 cm³/mol. The van der Waals surface area contributed by atoms with Gasteiger partial charge in [0, 0.05) is 18.7 Å². The quantitative estimate of drug-likeness (QED) is 0.674. The lowest BCUT2D eigenvalue weighted by molar-refractivity contribution is -0.143. The van der Waals surface area contributed by atoms with Crippen LogP contribution in [0.1, 0.15) is 34.8 Å². The highest BCUT2D eigenvalue weighted by Crippen LogP contribution is 2.32. The van der Waals surface area contributed by atoms with Crippen molar-refractivity contribution in [2.24, 2.45) is 0 Å². The van der Waals surface area contributed by atoms with Crippen molar-refractivity contribution >= 4 is 11.9 Å². The molecule has 144 valence electrons. The van der Waals surface area contributed by atoms with E-state index in [2.05, 4.69) is 0 Å². The van der Waals surface area contributed by atoms with Crippen LogP contribution in [0.15, 0.2) is 54.6 Å². The van der Waals surface area contributed by atoms with Crippen molar-refractivity contribution < 1.29 is 27.5 Å². The monoisotopic (exact) mass is 379 g/mol. The van der Waals surface area contributed by atoms with Crippen LogP contribution >= 0.6 is 0 Å². The first kappa shape index (κ1) is 20.5. The molecule has 0 N–H and O–H groups in total. The second-order valence-corrected chi connectivity index (χ2v) is 5.80. The molecule has 27 heavy (non-hydrogen) atoms. The summed E-state index contributed by atoms with van der Waals surface area (Å²) in [6.45, 7) is 1.55. The Bertz CT molecular complexity index is 776. The van der Waals surface area contributed by atoms with E-state index in [1.165, 1.54) is 23.1 Å². The SMILES string of the molecule is CCOC(=O)CCN(Cc1ccccc1C(F)(F)F)C(=O)c1ccccc1. The predicted octanol–water partition coefficient (Wildman–Crippen LogP) is 4.30. The van der Waals surface area contributed by atoms with Crippen molar-refractivity contribution in [2.45, 2.75) is 26.1 Å². The highest BCUT2D eigenvalue weighted by atomic mass is 19.4. The summed E-state index contributed by atoms with van der Waals surface area (Å²) >= 11 is 0. The van der Waals surface area contributed by atoms with E-state index in [0.29, 0.717) is 5.56 Å². The fraction of sp³-hybridized carbons (Fsp3) is 0.300. The molecule has 0 aliphatic heterocycles. The number of carbonyl (C=O) groups is 2. The van der Waals surface area contributed by atoms with Crippen LogP contribution in [0.4, 0.5) is 13.2 Å². The Morgan fingerprint density at radius 3 is 2.26 bits per heavy atom. The summed E-state index contributed by atoms with van der Waals surface area (Å²) in [6.07, 6.45) is -4.63. The van der Waals surface area contributed by atoms with Gasteiger partial charge in [-0.15, -0.1) is 0 Å². The molecule has 0 bridgehead atoms. The van der Waals surface area contributed by atoms with Gasteiger partial charge in [-0.1, -0.05) is 36.4 Å². The van der Waals surface area contributed by atoms with Crippen LogP contribution in [0.25, 0.3) is 0 Å². The topological polar surface area (TPSA) is 46.6 Å². The van der Waals surface area contributed by atoms with Crippen LogP contribution in [0.5, 0.6) is 0 Å². The second-order valence-electron chi connectivity index (χ2n) is 5.80. The number of hydrogen-bond donors (Lipinski definition) is 0. The Balaban J connectivity index is 2.27. The maximum atomic E-state index is 13.3. The Morgan fingerprint density at radius 2 is 1.63 bits per heavy atom. The van der Waals surface area contributed by atoms with Crippen LogP contribution in [0.2, 0.25) is 0 Å². The molecule has 4 nitrogen and oxygen atoms in total. The Morgan fingerprint density at radius 1 is 1.00 bits per heavy atom. The highest BCUT2D eigenvalue weighted by Gasteiger charge is 2.33. The molecular formula is C20H20F3NO3. The second kappa shape index (κ2) is 9.21. The Hall–Kier alpha value is -2.83. The van der Waals surface area contributed by atoms with Crippen molar-refractivity contribution in [3.05, 3.63) is 71.3 Å². The summed E-state index contributed by atoms with van der Waals surface area (Å²) in [7, 11) is 0. The van der Waals surface area contributed by atoms with Crippen molar-refractivity contribution in [3.8, 4) is 0 Å². The first-order chi connectivity index (χ1) is 12.8. The average Bonchev–Trinajstić information content (AvgIpc) is 2.65. The van der Waals surface area contributed by atoms with Crippen molar-refractivity contribution in [2.75, 3.05) is 13.2 Å². The van der Waals surface area contributed by atoms with E-state index in [1.807, 2.05) is 0 Å². The lowest BCUT2D eigenvalue weighted by atomic mass is 10.1. The summed E-state index contributed by atoms with van der Waals surface area (Å²) in [4.78, 5) is 25.7. The number of amides is 1. The molecule has 2 aromatic rings. The number of ether oxygens (including phenoxy) is 1. The molecule has 1 amide bonds. The molecule has 0 aromatic heterocycles. The number of carbonyl (C=O) groups excluding carboxylic acids is 2. The molecule has 0 spiro atoms. The smallest absolute Gasteiger partial charge is 0.416 e. The highest BCUT2D eigenvalue weighted by molar-refractivity contribution is 5.94. The number of esters is 1. The molecule has 0 aliphatic carbocycles. The van der Waals surface area contributed by atoms with Gasteiger partial charge in [-0.3, -0.25) is 9.59 Å². The molecular weight excluding hydrogens is 359 g/mol. The minimum atomic E-state index is -4.53. The average molecular weight is 379 g/mol. The summed E-state index contributed by atoms with van der Waals surface area (Å²) in [5.74, 6) is -0.954. The molecule has 0 unspecified atom stereocenters. The van der Waals surface area contributed by atoms with Gasteiger partial charge in [-0.05, 0) is 30.7 Å². The van der Waals surface area contributed by atoms with Gasteiger partial charge in [0.25, 0.3) is 5.91 Å². The molecule has 0 aliphatic rings. The minimum absolute atomic E-state index is 0.0295. The lowest BCUT2D eigenvalue weighted by Crippen LogP contribution is -2.33. The van der Waals surface area contributed by atoms with Crippen LogP contribution in [-0.2, 0) is 22.3 Å². The molecule has 0 heterocycles. The number of benzene rings is 2. The number of nitrogens with zero attached hydrogens (tertiary/aromatic N) is 1. The Kier molecular flexibility index (Phi) is 6.98. The normalized spacial score (nSPS) is 11.1. The maximum Gasteiger partial charge on any atom is 0.416 e. The summed E-state index contributed by atoms with van der Waals surface area (Å²) < 4.78 is 44.6. The van der Waals surface area contributed by atoms with Crippen LogP contribution in [0.3, 0.4) is 0 Å². The number of hydrogen-bond acceptors (Lipinski definition) is 3. The zero-order valence-corrected chi connectivity index (χ0v) is 14.8. The van der Waals surface area contributed by atoms with E-state index in [4.69, 9.17) is 4.74 Å². The molecule has 0 saturated heterocycles. The van der Waals surface area contributed by atoms with Crippen LogP contribution in [0, 0.1) is 0 Å². The maximum absolute atomic E-state index is 13.3.